The Balaban J connectivity index is 1.85. The molecule has 0 bridgehead atoms. The van der Waals surface area contributed by atoms with Gasteiger partial charge in [0, 0.05) is 25.1 Å². The van der Waals surface area contributed by atoms with E-state index < -0.39 is 6.10 Å². The molecule has 2 aromatic rings. The lowest BCUT2D eigenvalue weighted by Gasteiger charge is -2.22. The van der Waals surface area contributed by atoms with Crippen LogP contribution in [0.4, 0.5) is 5.69 Å². The van der Waals surface area contributed by atoms with Gasteiger partial charge >= 0.3 is 0 Å². The van der Waals surface area contributed by atoms with Gasteiger partial charge in [-0.3, -0.25) is 4.79 Å². The molecule has 0 fully saturated rings. The van der Waals surface area contributed by atoms with Gasteiger partial charge in [-0.2, -0.15) is 0 Å². The highest BCUT2D eigenvalue weighted by Gasteiger charge is 2.21. The molecule has 1 heterocycles. The fourth-order valence-electron chi connectivity index (χ4n) is 3.28. The molecule has 1 amide bonds. The van der Waals surface area contributed by atoms with Crippen LogP contribution < -0.4 is 4.90 Å². The Kier molecular flexibility index (Phi) is 4.77. The molecule has 2 aromatic carbocycles. The Morgan fingerprint density at radius 3 is 2.65 bits per heavy atom. The first-order valence-electron chi connectivity index (χ1n) is 8.34. The van der Waals surface area contributed by atoms with Crippen LogP contribution in [-0.2, 0) is 17.6 Å². The fraction of sp³-hybridized carbons (Fsp3) is 0.350. The highest BCUT2D eigenvalue weighted by Crippen LogP contribution is 2.30. The number of aliphatic hydroxyl groups is 1. The van der Waals surface area contributed by atoms with Gasteiger partial charge in [-0.25, -0.2) is 0 Å². The molecule has 0 aromatic heterocycles. The van der Waals surface area contributed by atoms with Crippen LogP contribution in [-0.4, -0.2) is 17.6 Å². The van der Waals surface area contributed by atoms with E-state index in [0.717, 1.165) is 29.7 Å². The maximum atomic E-state index is 12.1. The van der Waals surface area contributed by atoms with Gasteiger partial charge in [0.25, 0.3) is 0 Å². The molecule has 0 saturated heterocycles. The Bertz CT molecular complexity index is 681. The number of benzene rings is 2. The molecule has 0 saturated carbocycles. The lowest BCUT2D eigenvalue weighted by Crippen LogP contribution is -2.29. The molecule has 1 aliphatic heterocycles. The predicted molar refractivity (Wildman–Crippen MR) is 92.5 cm³/mol. The maximum absolute atomic E-state index is 12.1. The van der Waals surface area contributed by atoms with E-state index in [9.17, 15) is 9.90 Å². The van der Waals surface area contributed by atoms with Crippen molar-refractivity contribution in [3.63, 3.8) is 0 Å². The molecule has 1 aliphatic rings. The molecule has 120 valence electrons. The van der Waals surface area contributed by atoms with E-state index in [1.807, 2.05) is 54.3 Å². The highest BCUT2D eigenvalue weighted by molar-refractivity contribution is 5.94. The Hall–Kier alpha value is -2.13. The summed E-state index contributed by atoms with van der Waals surface area (Å²) in [5, 5.41) is 10.5. The molecular formula is C20H23NO2. The average Bonchev–Trinajstić information content (AvgIpc) is 2.72. The predicted octanol–water partition coefficient (Wildman–Crippen LogP) is 3.65. The van der Waals surface area contributed by atoms with Gasteiger partial charge in [0.05, 0.1) is 6.10 Å². The number of nitrogens with zero attached hydrogens (tertiary/aromatic N) is 1. The van der Waals surface area contributed by atoms with Crippen molar-refractivity contribution in [1.82, 2.24) is 0 Å². The fourth-order valence-corrected chi connectivity index (χ4v) is 3.28. The SMILES string of the molecule is CCN1C(=O)CCCc2cc(C(O)Cc3ccccc3)ccc21. The molecular weight excluding hydrogens is 286 g/mol. The number of hydrogen-bond donors (Lipinski definition) is 1. The van der Waals surface area contributed by atoms with Crippen LogP contribution in [0.15, 0.2) is 48.5 Å². The minimum Gasteiger partial charge on any atom is -0.388 e. The van der Waals surface area contributed by atoms with Gasteiger partial charge in [0.15, 0.2) is 0 Å². The molecule has 3 heteroatoms. The zero-order valence-electron chi connectivity index (χ0n) is 13.5. The van der Waals surface area contributed by atoms with Crippen molar-refractivity contribution in [1.29, 1.82) is 0 Å². The Morgan fingerprint density at radius 2 is 1.91 bits per heavy atom. The second-order valence-corrected chi connectivity index (χ2v) is 6.09. The van der Waals surface area contributed by atoms with E-state index in [0.29, 0.717) is 19.4 Å². The third kappa shape index (κ3) is 3.45. The van der Waals surface area contributed by atoms with Gasteiger partial charge < -0.3 is 10.0 Å². The first-order valence-corrected chi connectivity index (χ1v) is 8.34. The number of carbonyl (C=O) groups excluding carboxylic acids is 1. The van der Waals surface area contributed by atoms with Crippen LogP contribution in [0, 0.1) is 0 Å². The van der Waals surface area contributed by atoms with Gasteiger partial charge in [-0.1, -0.05) is 42.5 Å². The first kappa shape index (κ1) is 15.8. The quantitative estimate of drug-likeness (QED) is 0.936. The van der Waals surface area contributed by atoms with E-state index in [1.54, 1.807) is 0 Å². The summed E-state index contributed by atoms with van der Waals surface area (Å²) in [5.41, 5.74) is 4.23. The molecule has 0 aliphatic carbocycles. The highest BCUT2D eigenvalue weighted by atomic mass is 16.3. The minimum absolute atomic E-state index is 0.198. The number of amides is 1. The number of aliphatic hydroxyl groups excluding tert-OH is 1. The molecule has 0 radical (unpaired) electrons. The summed E-state index contributed by atoms with van der Waals surface area (Å²) in [4.78, 5) is 14.0. The molecule has 3 rings (SSSR count). The maximum Gasteiger partial charge on any atom is 0.226 e. The lowest BCUT2D eigenvalue weighted by atomic mass is 9.97. The third-order valence-corrected chi connectivity index (χ3v) is 4.51. The second-order valence-electron chi connectivity index (χ2n) is 6.09. The molecule has 23 heavy (non-hydrogen) atoms. The normalized spacial score (nSPS) is 15.9. The van der Waals surface area contributed by atoms with E-state index in [4.69, 9.17) is 0 Å². The standard InChI is InChI=1S/C20H23NO2/c1-2-21-18-12-11-17(14-16(18)9-6-10-20(21)23)19(22)13-15-7-4-3-5-8-15/h3-5,7-8,11-12,14,19,22H,2,6,9-10,13H2,1H3. The van der Waals surface area contributed by atoms with Crippen molar-refractivity contribution in [2.75, 3.05) is 11.4 Å². The van der Waals surface area contributed by atoms with Crippen molar-refractivity contribution in [3.05, 3.63) is 65.2 Å². The third-order valence-electron chi connectivity index (χ3n) is 4.51. The summed E-state index contributed by atoms with van der Waals surface area (Å²) < 4.78 is 0. The zero-order chi connectivity index (χ0) is 16.2. The number of anilines is 1. The minimum atomic E-state index is -0.517. The summed E-state index contributed by atoms with van der Waals surface area (Å²) >= 11 is 0. The Morgan fingerprint density at radius 1 is 1.13 bits per heavy atom. The zero-order valence-corrected chi connectivity index (χ0v) is 13.5. The smallest absolute Gasteiger partial charge is 0.226 e. The van der Waals surface area contributed by atoms with Gasteiger partial charge in [0.2, 0.25) is 5.91 Å². The molecule has 1 atom stereocenters. The van der Waals surface area contributed by atoms with Crippen LogP contribution in [0.25, 0.3) is 0 Å². The number of hydrogen-bond acceptors (Lipinski definition) is 2. The largest absolute Gasteiger partial charge is 0.388 e. The second kappa shape index (κ2) is 6.97. The van der Waals surface area contributed by atoms with Gasteiger partial charge in [0.1, 0.15) is 0 Å². The number of carbonyl (C=O) groups is 1. The molecule has 1 N–H and O–H groups in total. The summed E-state index contributed by atoms with van der Waals surface area (Å²) in [5.74, 6) is 0.198. The van der Waals surface area contributed by atoms with Crippen LogP contribution in [0.2, 0.25) is 0 Å². The van der Waals surface area contributed by atoms with Gasteiger partial charge in [-0.05, 0) is 42.5 Å². The summed E-state index contributed by atoms with van der Waals surface area (Å²) in [6.07, 6.45) is 2.46. The summed E-state index contributed by atoms with van der Waals surface area (Å²) in [6, 6.07) is 16.0. The van der Waals surface area contributed by atoms with Crippen LogP contribution in [0.1, 0.15) is 42.6 Å². The van der Waals surface area contributed by atoms with Crippen molar-refractivity contribution in [3.8, 4) is 0 Å². The number of fused-ring (bicyclic) bond motifs is 1. The van der Waals surface area contributed by atoms with Crippen molar-refractivity contribution in [2.24, 2.45) is 0 Å². The average molecular weight is 309 g/mol. The van der Waals surface area contributed by atoms with Gasteiger partial charge in [-0.15, -0.1) is 0 Å². The summed E-state index contributed by atoms with van der Waals surface area (Å²) in [7, 11) is 0. The van der Waals surface area contributed by atoms with Crippen LogP contribution in [0.3, 0.4) is 0 Å². The van der Waals surface area contributed by atoms with Crippen LogP contribution >= 0.6 is 0 Å². The Labute approximate surface area is 137 Å². The van der Waals surface area contributed by atoms with E-state index in [1.165, 1.54) is 5.56 Å². The van der Waals surface area contributed by atoms with E-state index in [-0.39, 0.29) is 5.91 Å². The van der Waals surface area contributed by atoms with Crippen molar-refractivity contribution in [2.45, 2.75) is 38.7 Å². The number of aryl methyl sites for hydroxylation is 1. The van der Waals surface area contributed by atoms with Crippen LogP contribution in [0.5, 0.6) is 0 Å². The van der Waals surface area contributed by atoms with Crippen molar-refractivity contribution < 1.29 is 9.90 Å². The monoisotopic (exact) mass is 309 g/mol. The number of rotatable bonds is 4. The summed E-state index contributed by atoms with van der Waals surface area (Å²) in [6.45, 7) is 2.70. The first-order chi connectivity index (χ1) is 11.2. The lowest BCUT2D eigenvalue weighted by molar-refractivity contribution is -0.118. The molecule has 3 nitrogen and oxygen atoms in total. The van der Waals surface area contributed by atoms with Crippen molar-refractivity contribution >= 4 is 11.6 Å². The van der Waals surface area contributed by atoms with E-state index in [2.05, 4.69) is 6.07 Å². The molecule has 1 unspecified atom stereocenters. The van der Waals surface area contributed by atoms with E-state index >= 15 is 0 Å². The topological polar surface area (TPSA) is 40.5 Å². The molecule has 0 spiro atoms.